The first-order valence-corrected chi connectivity index (χ1v) is 6.14. The monoisotopic (exact) mass is 223 g/mol. The maximum atomic E-state index is 11.8. The fraction of sp³-hybridized carbons (Fsp3) is 0.643. The van der Waals surface area contributed by atoms with E-state index in [-0.39, 0.29) is 5.78 Å². The summed E-state index contributed by atoms with van der Waals surface area (Å²) in [6.07, 6.45) is 9.56. The molecule has 2 heteroatoms. The number of unbranched alkanes of at least 4 members (excludes halogenated alkanes) is 2. The highest BCUT2D eigenvalue weighted by molar-refractivity contribution is 5.87. The van der Waals surface area contributed by atoms with Gasteiger partial charge in [0.15, 0.2) is 5.78 Å². The number of allylic oxidation sites excluding steroid dienone is 2. The van der Waals surface area contributed by atoms with E-state index in [0.29, 0.717) is 6.42 Å². The Morgan fingerprint density at radius 1 is 1.19 bits per heavy atom. The number of carbonyl (C=O) groups is 1. The highest BCUT2D eigenvalue weighted by atomic mass is 16.1. The third kappa shape index (κ3) is 5.26. The Morgan fingerprint density at radius 3 is 1.94 bits per heavy atom. The van der Waals surface area contributed by atoms with Gasteiger partial charge in [-0.3, -0.25) is 4.79 Å². The molecule has 0 aromatic carbocycles. The first kappa shape index (κ1) is 15.1. The molecule has 2 nitrogen and oxygen atoms in total. The maximum Gasteiger partial charge on any atom is 0.152 e. The average Bonchev–Trinajstić information content (AvgIpc) is 2.28. The minimum Gasteiger partial charge on any atom is -0.319 e. The zero-order valence-electron chi connectivity index (χ0n) is 10.5. The highest BCUT2D eigenvalue weighted by Gasteiger charge is 2.30. The Bertz CT molecular complexity index is 219. The number of nitrogens with two attached hydrogens (primary N) is 1. The number of hydrogen-bond acceptors (Lipinski definition) is 2. The van der Waals surface area contributed by atoms with Crippen molar-refractivity contribution in [3.8, 4) is 0 Å². The number of rotatable bonds is 10. The van der Waals surface area contributed by atoms with E-state index < -0.39 is 5.54 Å². The van der Waals surface area contributed by atoms with Crippen molar-refractivity contribution >= 4 is 5.78 Å². The molecule has 2 N–H and O–H groups in total. The fourth-order valence-corrected chi connectivity index (χ4v) is 1.88. The van der Waals surface area contributed by atoms with E-state index in [1.54, 1.807) is 0 Å². The second-order valence-electron chi connectivity index (χ2n) is 4.29. The number of carbonyl (C=O) groups excluding carboxylic acids is 1. The van der Waals surface area contributed by atoms with Crippen LogP contribution in [0.15, 0.2) is 25.3 Å². The topological polar surface area (TPSA) is 43.1 Å². The predicted octanol–water partition coefficient (Wildman–Crippen LogP) is 3.38. The average molecular weight is 223 g/mol. The molecule has 0 spiro atoms. The van der Waals surface area contributed by atoms with E-state index in [2.05, 4.69) is 13.2 Å². The molecule has 0 aromatic heterocycles. The van der Waals surface area contributed by atoms with Crippen molar-refractivity contribution in [1.29, 1.82) is 0 Å². The Morgan fingerprint density at radius 2 is 1.62 bits per heavy atom. The Balaban J connectivity index is 4.28. The molecule has 0 aliphatic rings. The Kier molecular flexibility index (Phi) is 7.82. The zero-order valence-corrected chi connectivity index (χ0v) is 10.5. The van der Waals surface area contributed by atoms with Gasteiger partial charge in [-0.05, 0) is 38.5 Å². The summed E-state index contributed by atoms with van der Waals surface area (Å²) in [5, 5.41) is 0. The van der Waals surface area contributed by atoms with Crippen LogP contribution in [-0.2, 0) is 4.79 Å². The molecular weight excluding hydrogens is 198 g/mol. The molecule has 0 aliphatic carbocycles. The predicted molar refractivity (Wildman–Crippen MR) is 70.3 cm³/mol. The zero-order chi connectivity index (χ0) is 12.4. The summed E-state index contributed by atoms with van der Waals surface area (Å²) in [5.41, 5.74) is 5.59. The van der Waals surface area contributed by atoms with Crippen LogP contribution in [0, 0.1) is 0 Å². The van der Waals surface area contributed by atoms with Crippen molar-refractivity contribution in [2.45, 2.75) is 57.4 Å². The molecular formula is C14H25NO. The molecule has 16 heavy (non-hydrogen) atoms. The van der Waals surface area contributed by atoms with Gasteiger partial charge in [-0.2, -0.15) is 0 Å². The lowest BCUT2D eigenvalue weighted by Gasteiger charge is -2.27. The maximum absolute atomic E-state index is 11.8. The molecule has 0 saturated heterocycles. The molecule has 0 amide bonds. The van der Waals surface area contributed by atoms with E-state index in [4.69, 9.17) is 5.73 Å². The molecule has 0 aliphatic heterocycles. The van der Waals surface area contributed by atoms with Crippen molar-refractivity contribution in [2.75, 3.05) is 0 Å². The molecule has 0 radical (unpaired) electrons. The van der Waals surface area contributed by atoms with Crippen LogP contribution < -0.4 is 5.73 Å². The van der Waals surface area contributed by atoms with Gasteiger partial charge < -0.3 is 5.73 Å². The summed E-state index contributed by atoms with van der Waals surface area (Å²) in [5.74, 6) is 0.181. The van der Waals surface area contributed by atoms with Gasteiger partial charge in [-0.1, -0.05) is 19.1 Å². The third-order valence-electron chi connectivity index (χ3n) is 2.94. The third-order valence-corrected chi connectivity index (χ3v) is 2.94. The molecule has 0 aromatic rings. The first-order chi connectivity index (χ1) is 7.60. The van der Waals surface area contributed by atoms with Crippen LogP contribution in [0.3, 0.4) is 0 Å². The van der Waals surface area contributed by atoms with Crippen LogP contribution in [0.25, 0.3) is 0 Å². The smallest absolute Gasteiger partial charge is 0.152 e. The summed E-state index contributed by atoms with van der Waals surface area (Å²) in [7, 11) is 0. The van der Waals surface area contributed by atoms with Crippen LogP contribution >= 0.6 is 0 Å². The van der Waals surface area contributed by atoms with E-state index >= 15 is 0 Å². The number of Topliss-reactive ketones (excluding diaryl/α,β-unsaturated/α-hetero) is 1. The molecule has 92 valence electrons. The van der Waals surface area contributed by atoms with E-state index in [1.807, 2.05) is 19.1 Å². The lowest BCUT2D eigenvalue weighted by molar-refractivity contribution is -0.124. The Hall–Kier alpha value is -0.890. The molecule has 0 bridgehead atoms. The van der Waals surface area contributed by atoms with Gasteiger partial charge in [0.25, 0.3) is 0 Å². The minimum absolute atomic E-state index is 0.181. The lowest BCUT2D eigenvalue weighted by atomic mass is 9.83. The standard InChI is InChI=1S/C14H25NO/c1-4-7-9-11-14(15,13(16)6-3)12-10-8-5-2/h4-5H,1-2,6-12,15H2,3H3. The largest absolute Gasteiger partial charge is 0.319 e. The van der Waals surface area contributed by atoms with Gasteiger partial charge in [0, 0.05) is 6.42 Å². The van der Waals surface area contributed by atoms with Crippen molar-refractivity contribution in [3.05, 3.63) is 25.3 Å². The quantitative estimate of drug-likeness (QED) is 0.456. The molecule has 0 atom stereocenters. The van der Waals surface area contributed by atoms with Crippen LogP contribution in [0.5, 0.6) is 0 Å². The van der Waals surface area contributed by atoms with Crippen molar-refractivity contribution in [2.24, 2.45) is 5.73 Å². The van der Waals surface area contributed by atoms with E-state index in [1.165, 1.54) is 0 Å². The van der Waals surface area contributed by atoms with Gasteiger partial charge in [0.2, 0.25) is 0 Å². The summed E-state index contributed by atoms with van der Waals surface area (Å²) in [6.45, 7) is 9.24. The van der Waals surface area contributed by atoms with Gasteiger partial charge in [0.1, 0.15) is 0 Å². The van der Waals surface area contributed by atoms with E-state index in [9.17, 15) is 4.79 Å². The van der Waals surface area contributed by atoms with Gasteiger partial charge in [0.05, 0.1) is 5.54 Å². The summed E-state index contributed by atoms with van der Waals surface area (Å²) in [6, 6.07) is 0. The normalized spacial score (nSPS) is 11.1. The summed E-state index contributed by atoms with van der Waals surface area (Å²) >= 11 is 0. The summed E-state index contributed by atoms with van der Waals surface area (Å²) in [4.78, 5) is 11.8. The van der Waals surface area contributed by atoms with Crippen LogP contribution in [-0.4, -0.2) is 11.3 Å². The summed E-state index contributed by atoms with van der Waals surface area (Å²) < 4.78 is 0. The van der Waals surface area contributed by atoms with Crippen LogP contribution in [0.4, 0.5) is 0 Å². The minimum atomic E-state index is -0.624. The van der Waals surface area contributed by atoms with Gasteiger partial charge >= 0.3 is 0 Å². The molecule has 0 unspecified atom stereocenters. The van der Waals surface area contributed by atoms with E-state index in [0.717, 1.165) is 38.5 Å². The van der Waals surface area contributed by atoms with Crippen LogP contribution in [0.1, 0.15) is 51.9 Å². The van der Waals surface area contributed by atoms with Gasteiger partial charge in [-0.15, -0.1) is 13.2 Å². The molecule has 0 heterocycles. The van der Waals surface area contributed by atoms with Crippen molar-refractivity contribution in [1.82, 2.24) is 0 Å². The molecule has 0 rings (SSSR count). The van der Waals surface area contributed by atoms with Gasteiger partial charge in [-0.25, -0.2) is 0 Å². The number of hydrogen-bond donors (Lipinski definition) is 1. The van der Waals surface area contributed by atoms with Crippen molar-refractivity contribution in [3.63, 3.8) is 0 Å². The van der Waals surface area contributed by atoms with Crippen molar-refractivity contribution < 1.29 is 4.79 Å². The second kappa shape index (κ2) is 8.28. The first-order valence-electron chi connectivity index (χ1n) is 6.14. The number of ketones is 1. The molecule has 0 saturated carbocycles. The lowest BCUT2D eigenvalue weighted by Crippen LogP contribution is -2.47. The Labute approximate surface area is 99.6 Å². The molecule has 0 fully saturated rings. The second-order valence-corrected chi connectivity index (χ2v) is 4.29. The fourth-order valence-electron chi connectivity index (χ4n) is 1.88. The van der Waals surface area contributed by atoms with Crippen LogP contribution in [0.2, 0.25) is 0 Å². The SMILES string of the molecule is C=CCCCC(N)(CCCC=C)C(=O)CC. The highest BCUT2D eigenvalue weighted by Crippen LogP contribution is 2.21.